The summed E-state index contributed by atoms with van der Waals surface area (Å²) >= 11 is 6.15. The van der Waals surface area contributed by atoms with Crippen LogP contribution in [0.3, 0.4) is 0 Å². The minimum atomic E-state index is -4.66. The van der Waals surface area contributed by atoms with Crippen LogP contribution in [0, 0.1) is 11.9 Å². The monoisotopic (exact) mass is 613 g/mol. The summed E-state index contributed by atoms with van der Waals surface area (Å²) in [5, 5.41) is 2.86. The van der Waals surface area contributed by atoms with Crippen molar-refractivity contribution in [2.45, 2.75) is 30.8 Å². The van der Waals surface area contributed by atoms with Crippen LogP contribution in [0.15, 0.2) is 74.9 Å². The molecular formula is C27H21ClF5N3O4S. The van der Waals surface area contributed by atoms with Gasteiger partial charge in [0.2, 0.25) is 0 Å². The Kier molecular flexibility index (Phi) is 8.69. The SMILES string of the molecule is C/C(=C\c1ccc2c(c1)N(S(=O)(=O)c1cccc(C(F)(F)F)c1)CCC2)c1c(F)cccc1Cl.O=c1[nH]c(F)no1. The number of anilines is 1. The van der Waals surface area contributed by atoms with E-state index in [1.165, 1.54) is 12.1 Å². The Labute approximate surface area is 235 Å². The molecule has 41 heavy (non-hydrogen) atoms. The first-order chi connectivity index (χ1) is 19.3. The maximum Gasteiger partial charge on any atom is 0.441 e. The molecule has 2 heterocycles. The van der Waals surface area contributed by atoms with Crippen LogP contribution in [-0.4, -0.2) is 25.1 Å². The van der Waals surface area contributed by atoms with Crippen molar-refractivity contribution in [1.82, 2.24) is 10.1 Å². The molecule has 3 aromatic carbocycles. The molecular weight excluding hydrogens is 593 g/mol. The molecule has 0 radical (unpaired) electrons. The molecule has 0 spiro atoms. The van der Waals surface area contributed by atoms with Gasteiger partial charge in [0.05, 0.1) is 21.2 Å². The van der Waals surface area contributed by atoms with Crippen molar-refractivity contribution < 1.29 is 34.9 Å². The predicted octanol–water partition coefficient (Wildman–Crippen LogP) is 6.70. The van der Waals surface area contributed by atoms with Gasteiger partial charge in [-0.15, -0.1) is 0 Å². The van der Waals surface area contributed by atoms with Gasteiger partial charge in [0.25, 0.3) is 10.0 Å². The van der Waals surface area contributed by atoms with E-state index in [-0.39, 0.29) is 17.1 Å². The van der Waals surface area contributed by atoms with Crippen molar-refractivity contribution in [3.63, 3.8) is 0 Å². The van der Waals surface area contributed by atoms with E-state index in [9.17, 15) is 35.2 Å². The van der Waals surface area contributed by atoms with E-state index in [0.717, 1.165) is 28.1 Å². The van der Waals surface area contributed by atoms with E-state index >= 15 is 0 Å². The number of alkyl halides is 3. The van der Waals surface area contributed by atoms with E-state index in [1.807, 2.05) is 0 Å². The number of allylic oxidation sites excluding steroid dienone is 1. The summed E-state index contributed by atoms with van der Waals surface area (Å²) < 4.78 is 96.8. The van der Waals surface area contributed by atoms with E-state index in [0.29, 0.717) is 35.7 Å². The van der Waals surface area contributed by atoms with Gasteiger partial charge < -0.3 is 0 Å². The molecule has 0 bridgehead atoms. The molecule has 4 aromatic rings. The van der Waals surface area contributed by atoms with Crippen molar-refractivity contribution in [3.8, 4) is 0 Å². The highest BCUT2D eigenvalue weighted by atomic mass is 35.5. The van der Waals surface area contributed by atoms with Gasteiger partial charge in [-0.05, 0) is 78.0 Å². The molecule has 1 aromatic heterocycles. The molecule has 0 amide bonds. The molecule has 1 aliphatic rings. The number of fused-ring (bicyclic) bond motifs is 1. The molecule has 0 unspecified atom stereocenters. The lowest BCUT2D eigenvalue weighted by Gasteiger charge is -2.31. The highest BCUT2D eigenvalue weighted by Crippen LogP contribution is 2.36. The Balaban J connectivity index is 0.000000483. The second-order valence-corrected chi connectivity index (χ2v) is 11.2. The Morgan fingerprint density at radius 2 is 1.83 bits per heavy atom. The topological polar surface area (TPSA) is 96.3 Å². The van der Waals surface area contributed by atoms with E-state index in [4.69, 9.17) is 11.6 Å². The summed E-state index contributed by atoms with van der Waals surface area (Å²) in [5.74, 6) is -1.36. The average molecular weight is 614 g/mol. The van der Waals surface area contributed by atoms with Crippen LogP contribution in [0.25, 0.3) is 11.6 Å². The van der Waals surface area contributed by atoms with Crippen molar-refractivity contribution in [1.29, 1.82) is 0 Å². The summed E-state index contributed by atoms with van der Waals surface area (Å²) in [6.07, 6.45) is -2.80. The first-order valence-electron chi connectivity index (χ1n) is 11.9. The van der Waals surface area contributed by atoms with E-state index in [1.54, 1.807) is 42.2 Å². The normalized spacial score (nSPS) is 13.8. The Bertz CT molecular complexity index is 1750. The number of aromatic nitrogens is 2. The number of hydrogen-bond acceptors (Lipinski definition) is 5. The minimum Gasteiger partial charge on any atom is -0.293 e. The number of nitrogens with zero attached hydrogens (tertiary/aromatic N) is 2. The third kappa shape index (κ3) is 6.85. The first kappa shape index (κ1) is 30.0. The van der Waals surface area contributed by atoms with Crippen LogP contribution in [0.2, 0.25) is 5.02 Å². The number of sulfonamides is 1. The van der Waals surface area contributed by atoms with Crippen LogP contribution < -0.4 is 10.1 Å². The third-order valence-corrected chi connectivity index (χ3v) is 8.21. The van der Waals surface area contributed by atoms with Crippen LogP contribution in [0.4, 0.5) is 27.6 Å². The molecule has 0 aliphatic carbocycles. The average Bonchev–Trinajstić information content (AvgIpc) is 3.30. The fourth-order valence-corrected chi connectivity index (χ4v) is 6.16. The van der Waals surface area contributed by atoms with Crippen molar-refractivity contribution in [3.05, 3.63) is 110 Å². The maximum atomic E-state index is 14.3. The van der Waals surface area contributed by atoms with Crippen molar-refractivity contribution in [2.75, 3.05) is 10.8 Å². The van der Waals surface area contributed by atoms with Crippen LogP contribution in [0.1, 0.15) is 35.6 Å². The molecule has 0 fully saturated rings. The van der Waals surface area contributed by atoms with Crippen LogP contribution >= 0.6 is 11.6 Å². The smallest absolute Gasteiger partial charge is 0.293 e. The number of rotatable bonds is 4. The van der Waals surface area contributed by atoms with Crippen LogP contribution in [0.5, 0.6) is 0 Å². The lowest BCUT2D eigenvalue weighted by molar-refractivity contribution is -0.137. The van der Waals surface area contributed by atoms with E-state index in [2.05, 4.69) is 9.68 Å². The summed E-state index contributed by atoms with van der Waals surface area (Å²) in [6.45, 7) is 1.83. The molecule has 14 heteroatoms. The lowest BCUT2D eigenvalue weighted by Crippen LogP contribution is -2.35. The molecule has 1 N–H and O–H groups in total. The molecule has 0 atom stereocenters. The highest BCUT2D eigenvalue weighted by Gasteiger charge is 2.34. The standard InChI is InChI=1S/C25H20ClF4NO2S.C2HFN2O2/c1-16(24-21(26)8-3-9-22(24)27)13-17-10-11-18-5-4-12-31(23(18)14-17)34(32,33)20-7-2-6-19(15-20)25(28,29)30;3-1-4-2(6)7-5-1/h2-3,6-11,13-15H,4-5,12H2,1H3;(H,4,5,6)/b16-13+;. The second kappa shape index (κ2) is 11.9. The molecule has 5 rings (SSSR count). The molecule has 0 saturated heterocycles. The summed E-state index contributed by atoms with van der Waals surface area (Å²) in [4.78, 5) is 11.0. The maximum absolute atomic E-state index is 14.3. The summed E-state index contributed by atoms with van der Waals surface area (Å²) in [6, 6.07) is 13.3. The van der Waals surface area contributed by atoms with Crippen molar-refractivity contribution in [2.24, 2.45) is 0 Å². The largest absolute Gasteiger partial charge is 0.441 e. The lowest BCUT2D eigenvalue weighted by atomic mass is 9.99. The fraction of sp³-hybridized carbons (Fsp3) is 0.185. The van der Waals surface area contributed by atoms with Gasteiger partial charge in [-0.1, -0.05) is 41.9 Å². The van der Waals surface area contributed by atoms with Gasteiger partial charge in [-0.25, -0.2) is 22.6 Å². The number of nitrogens with one attached hydrogen (secondary N) is 1. The van der Waals surface area contributed by atoms with Gasteiger partial charge >= 0.3 is 18.0 Å². The summed E-state index contributed by atoms with van der Waals surface area (Å²) in [5.41, 5.74) is 1.54. The number of aromatic amines is 1. The van der Waals surface area contributed by atoms with Gasteiger partial charge in [0.15, 0.2) is 0 Å². The number of benzene rings is 3. The fourth-order valence-electron chi connectivity index (χ4n) is 4.27. The van der Waals surface area contributed by atoms with Gasteiger partial charge in [0.1, 0.15) is 5.82 Å². The molecule has 216 valence electrons. The zero-order chi connectivity index (χ0) is 29.9. The number of aryl methyl sites for hydroxylation is 1. The second-order valence-electron chi connectivity index (χ2n) is 8.90. The Morgan fingerprint density at radius 1 is 1.10 bits per heavy atom. The number of H-pyrrole nitrogens is 1. The first-order valence-corrected chi connectivity index (χ1v) is 13.8. The number of hydrogen-bond donors (Lipinski definition) is 1. The zero-order valence-electron chi connectivity index (χ0n) is 21.2. The van der Waals surface area contributed by atoms with Gasteiger partial charge in [0, 0.05) is 12.1 Å². The van der Waals surface area contributed by atoms with Gasteiger partial charge in [-0.2, -0.15) is 17.6 Å². The van der Waals surface area contributed by atoms with E-state index < -0.39 is 44.3 Å². The number of halogens is 6. The molecule has 0 saturated carbocycles. The predicted molar refractivity (Wildman–Crippen MR) is 143 cm³/mol. The minimum absolute atomic E-state index is 0.136. The zero-order valence-corrected chi connectivity index (χ0v) is 22.7. The van der Waals surface area contributed by atoms with Crippen molar-refractivity contribution >= 4 is 39.0 Å². The third-order valence-electron chi connectivity index (χ3n) is 6.09. The Morgan fingerprint density at radius 3 is 2.44 bits per heavy atom. The molecule has 7 nitrogen and oxygen atoms in total. The Hall–Kier alpha value is -3.97. The van der Waals surface area contributed by atoms with Gasteiger partial charge in [-0.3, -0.25) is 8.83 Å². The quantitative estimate of drug-likeness (QED) is 0.204. The highest BCUT2D eigenvalue weighted by molar-refractivity contribution is 7.92. The van der Waals surface area contributed by atoms with Crippen LogP contribution in [-0.2, 0) is 22.6 Å². The summed E-state index contributed by atoms with van der Waals surface area (Å²) in [7, 11) is -4.24. The molecule has 1 aliphatic heterocycles.